The smallest absolute Gasteiger partial charge is 0.272 e. The predicted octanol–water partition coefficient (Wildman–Crippen LogP) is 2.64. The van der Waals surface area contributed by atoms with Gasteiger partial charge in [0.1, 0.15) is 17.6 Å². The van der Waals surface area contributed by atoms with Gasteiger partial charge < -0.3 is 9.64 Å². The Kier molecular flexibility index (Phi) is 4.66. The zero-order valence-electron chi connectivity index (χ0n) is 14.3. The average molecular weight is 331 g/mol. The summed E-state index contributed by atoms with van der Waals surface area (Å²) in [6.45, 7) is 5.20. The number of amides is 1. The summed E-state index contributed by atoms with van der Waals surface area (Å²) in [5.41, 5.74) is 2.96. The fraction of sp³-hybridized carbons (Fsp3) is 0.444. The van der Waals surface area contributed by atoms with Crippen LogP contribution in [0.1, 0.15) is 40.3 Å². The molecule has 2 heterocycles. The van der Waals surface area contributed by atoms with E-state index in [1.807, 2.05) is 13.0 Å². The zero-order chi connectivity index (χ0) is 17.3. The molecule has 0 aliphatic carbocycles. The second kappa shape index (κ2) is 6.73. The Hall–Kier alpha value is -2.21. The summed E-state index contributed by atoms with van der Waals surface area (Å²) in [4.78, 5) is 14.6. The Labute approximate surface area is 141 Å². The fourth-order valence-electron chi connectivity index (χ4n) is 2.97. The normalized spacial score (nSPS) is 18.0. The van der Waals surface area contributed by atoms with Gasteiger partial charge in [-0.2, -0.15) is 5.10 Å². The van der Waals surface area contributed by atoms with Gasteiger partial charge in [-0.1, -0.05) is 19.1 Å². The van der Waals surface area contributed by atoms with Gasteiger partial charge in [-0.15, -0.1) is 0 Å². The summed E-state index contributed by atoms with van der Waals surface area (Å²) >= 11 is 0. The van der Waals surface area contributed by atoms with Gasteiger partial charge in [-0.05, 0) is 36.6 Å². The second-order valence-corrected chi connectivity index (χ2v) is 6.12. The summed E-state index contributed by atoms with van der Waals surface area (Å²) < 4.78 is 20.9. The Morgan fingerprint density at radius 2 is 2.21 bits per heavy atom. The Balaban J connectivity index is 1.78. The van der Waals surface area contributed by atoms with Crippen molar-refractivity contribution in [2.45, 2.75) is 26.4 Å². The summed E-state index contributed by atoms with van der Waals surface area (Å²) in [5.74, 6) is -0.277. The SMILES string of the molecule is CCc1cc(C(=O)N2CCOC(c3ccc(F)c(C)c3)C2)n(C)n1. The number of aromatic nitrogens is 2. The first-order chi connectivity index (χ1) is 11.5. The van der Waals surface area contributed by atoms with Crippen LogP contribution in [0.3, 0.4) is 0 Å². The number of hydrogen-bond donors (Lipinski definition) is 0. The molecule has 1 amide bonds. The lowest BCUT2D eigenvalue weighted by molar-refractivity contribution is -0.0232. The van der Waals surface area contributed by atoms with Gasteiger partial charge in [0.05, 0.1) is 18.8 Å². The van der Waals surface area contributed by atoms with E-state index in [2.05, 4.69) is 5.10 Å². The van der Waals surface area contributed by atoms with Crippen LogP contribution in [0.2, 0.25) is 0 Å². The van der Waals surface area contributed by atoms with Crippen molar-refractivity contribution in [3.63, 3.8) is 0 Å². The van der Waals surface area contributed by atoms with Crippen LogP contribution in [0.15, 0.2) is 24.3 Å². The highest BCUT2D eigenvalue weighted by molar-refractivity contribution is 5.92. The molecule has 1 aliphatic rings. The maximum absolute atomic E-state index is 13.5. The molecule has 1 fully saturated rings. The van der Waals surface area contributed by atoms with Gasteiger partial charge >= 0.3 is 0 Å². The molecule has 0 bridgehead atoms. The molecule has 0 radical (unpaired) electrons. The highest BCUT2D eigenvalue weighted by Gasteiger charge is 2.28. The molecule has 1 aliphatic heterocycles. The molecule has 1 saturated heterocycles. The highest BCUT2D eigenvalue weighted by atomic mass is 19.1. The summed E-state index contributed by atoms with van der Waals surface area (Å²) in [7, 11) is 1.79. The molecule has 1 unspecified atom stereocenters. The average Bonchev–Trinajstić information content (AvgIpc) is 2.98. The Bertz CT molecular complexity index is 757. The van der Waals surface area contributed by atoms with Gasteiger partial charge in [-0.3, -0.25) is 9.48 Å². The first kappa shape index (κ1) is 16.6. The van der Waals surface area contributed by atoms with E-state index in [-0.39, 0.29) is 17.8 Å². The number of carbonyl (C=O) groups is 1. The van der Waals surface area contributed by atoms with Crippen molar-refractivity contribution in [2.75, 3.05) is 19.7 Å². The number of carbonyl (C=O) groups excluding carboxylic acids is 1. The third-order valence-electron chi connectivity index (χ3n) is 4.42. The van der Waals surface area contributed by atoms with Crippen molar-refractivity contribution in [3.05, 3.63) is 52.6 Å². The van der Waals surface area contributed by atoms with E-state index < -0.39 is 0 Å². The molecular formula is C18H22FN3O2. The number of benzene rings is 1. The van der Waals surface area contributed by atoms with Crippen LogP contribution in [-0.4, -0.2) is 40.3 Å². The van der Waals surface area contributed by atoms with Crippen LogP contribution in [0, 0.1) is 12.7 Å². The van der Waals surface area contributed by atoms with Crippen molar-refractivity contribution in [1.82, 2.24) is 14.7 Å². The van der Waals surface area contributed by atoms with Crippen LogP contribution in [0.4, 0.5) is 4.39 Å². The zero-order valence-corrected chi connectivity index (χ0v) is 14.3. The minimum atomic E-state index is -0.235. The molecule has 24 heavy (non-hydrogen) atoms. The summed E-state index contributed by atoms with van der Waals surface area (Å²) in [6, 6.07) is 6.80. The van der Waals surface area contributed by atoms with E-state index in [0.717, 1.165) is 17.7 Å². The number of morpholine rings is 1. The van der Waals surface area contributed by atoms with Crippen LogP contribution in [0.5, 0.6) is 0 Å². The lowest BCUT2D eigenvalue weighted by atomic mass is 10.0. The number of hydrogen-bond acceptors (Lipinski definition) is 3. The molecule has 0 spiro atoms. The number of rotatable bonds is 3. The monoisotopic (exact) mass is 331 g/mol. The quantitative estimate of drug-likeness (QED) is 0.869. The molecule has 1 aromatic heterocycles. The van der Waals surface area contributed by atoms with Crippen LogP contribution in [0.25, 0.3) is 0 Å². The van der Waals surface area contributed by atoms with E-state index in [0.29, 0.717) is 31.0 Å². The summed E-state index contributed by atoms with van der Waals surface area (Å²) in [6.07, 6.45) is 0.558. The molecular weight excluding hydrogens is 309 g/mol. The standard InChI is InChI=1S/C18H22FN3O2/c1-4-14-10-16(21(3)20-14)18(23)22-7-8-24-17(11-22)13-5-6-15(19)12(2)9-13/h5-6,9-10,17H,4,7-8,11H2,1-3H3. The molecule has 2 aromatic rings. The number of nitrogens with zero attached hydrogens (tertiary/aromatic N) is 3. The molecule has 3 rings (SSSR count). The van der Waals surface area contributed by atoms with Gasteiger partial charge in [-0.25, -0.2) is 4.39 Å². The van der Waals surface area contributed by atoms with Gasteiger partial charge in [0.2, 0.25) is 0 Å². The van der Waals surface area contributed by atoms with Gasteiger partial charge in [0, 0.05) is 13.6 Å². The summed E-state index contributed by atoms with van der Waals surface area (Å²) in [5, 5.41) is 4.34. The van der Waals surface area contributed by atoms with Crippen LogP contribution >= 0.6 is 0 Å². The van der Waals surface area contributed by atoms with Gasteiger partial charge in [0.15, 0.2) is 0 Å². The minimum Gasteiger partial charge on any atom is -0.370 e. The lowest BCUT2D eigenvalue weighted by Crippen LogP contribution is -2.42. The van der Waals surface area contributed by atoms with E-state index in [1.54, 1.807) is 35.7 Å². The maximum Gasteiger partial charge on any atom is 0.272 e. The molecule has 1 aromatic carbocycles. The van der Waals surface area contributed by atoms with Crippen LogP contribution in [-0.2, 0) is 18.2 Å². The topological polar surface area (TPSA) is 47.4 Å². The van der Waals surface area contributed by atoms with Crippen molar-refractivity contribution in [1.29, 1.82) is 0 Å². The van der Waals surface area contributed by atoms with Crippen molar-refractivity contribution in [2.24, 2.45) is 7.05 Å². The minimum absolute atomic E-state index is 0.0446. The Morgan fingerprint density at radius 1 is 1.42 bits per heavy atom. The van der Waals surface area contributed by atoms with E-state index in [1.165, 1.54) is 6.07 Å². The first-order valence-electron chi connectivity index (χ1n) is 8.19. The van der Waals surface area contributed by atoms with E-state index in [4.69, 9.17) is 4.74 Å². The Morgan fingerprint density at radius 3 is 2.88 bits per heavy atom. The number of halogens is 1. The molecule has 6 heteroatoms. The maximum atomic E-state index is 13.5. The highest BCUT2D eigenvalue weighted by Crippen LogP contribution is 2.25. The second-order valence-electron chi connectivity index (χ2n) is 6.12. The molecule has 1 atom stereocenters. The third-order valence-corrected chi connectivity index (χ3v) is 4.42. The van der Waals surface area contributed by atoms with Crippen LogP contribution < -0.4 is 0 Å². The van der Waals surface area contributed by atoms with Crippen molar-refractivity contribution in [3.8, 4) is 0 Å². The third kappa shape index (κ3) is 3.19. The predicted molar refractivity (Wildman–Crippen MR) is 88.3 cm³/mol. The number of aryl methyl sites for hydroxylation is 3. The molecule has 5 nitrogen and oxygen atoms in total. The van der Waals surface area contributed by atoms with Gasteiger partial charge in [0.25, 0.3) is 5.91 Å². The lowest BCUT2D eigenvalue weighted by Gasteiger charge is -2.33. The van der Waals surface area contributed by atoms with Crippen molar-refractivity contribution >= 4 is 5.91 Å². The largest absolute Gasteiger partial charge is 0.370 e. The number of ether oxygens (including phenoxy) is 1. The first-order valence-corrected chi connectivity index (χ1v) is 8.19. The van der Waals surface area contributed by atoms with Crippen molar-refractivity contribution < 1.29 is 13.9 Å². The van der Waals surface area contributed by atoms with E-state index in [9.17, 15) is 9.18 Å². The fourth-order valence-corrected chi connectivity index (χ4v) is 2.97. The molecule has 128 valence electrons. The molecule has 0 N–H and O–H groups in total. The van der Waals surface area contributed by atoms with E-state index >= 15 is 0 Å². The molecule has 0 saturated carbocycles.